The molecule has 0 aromatic rings. The van der Waals surface area contributed by atoms with Crippen molar-refractivity contribution < 1.29 is 9.53 Å². The van der Waals surface area contributed by atoms with Crippen LogP contribution < -0.4 is 10.6 Å². The molecule has 1 fully saturated rings. The van der Waals surface area contributed by atoms with E-state index in [0.717, 1.165) is 6.54 Å². The number of ether oxygens (including phenoxy) is 1. The topological polar surface area (TPSA) is 50.4 Å². The van der Waals surface area contributed by atoms with Gasteiger partial charge in [0, 0.05) is 13.0 Å². The minimum atomic E-state index is -0.276. The van der Waals surface area contributed by atoms with Crippen molar-refractivity contribution in [2.45, 2.75) is 32.4 Å². The Morgan fingerprint density at radius 1 is 1.77 bits per heavy atom. The summed E-state index contributed by atoms with van der Waals surface area (Å²) >= 11 is 4.95. The average molecular weight is 202 g/mol. The lowest BCUT2D eigenvalue weighted by atomic mass is 10.2. The van der Waals surface area contributed by atoms with Crippen LogP contribution in [0, 0.1) is 0 Å². The number of nitrogens with one attached hydrogen (secondary N) is 2. The van der Waals surface area contributed by atoms with Crippen LogP contribution in [0.1, 0.15) is 20.3 Å². The van der Waals surface area contributed by atoms with Crippen LogP contribution in [0.3, 0.4) is 0 Å². The molecule has 0 radical (unpaired) electrons. The van der Waals surface area contributed by atoms with E-state index in [-0.39, 0.29) is 18.1 Å². The summed E-state index contributed by atoms with van der Waals surface area (Å²) in [7, 11) is 0. The van der Waals surface area contributed by atoms with Gasteiger partial charge in [-0.3, -0.25) is 0 Å². The Bertz CT molecular complexity index is 220. The lowest BCUT2D eigenvalue weighted by Crippen LogP contribution is -2.43. The van der Waals surface area contributed by atoms with Gasteiger partial charge in [0.25, 0.3) is 0 Å². The Labute approximate surface area is 83.0 Å². The monoisotopic (exact) mass is 202 g/mol. The normalized spacial score (nSPS) is 26.8. The Hall–Kier alpha value is -0.840. The summed E-state index contributed by atoms with van der Waals surface area (Å²) in [5, 5.41) is 6.34. The molecule has 4 nitrogen and oxygen atoms in total. The molecule has 1 aliphatic heterocycles. The molecule has 74 valence electrons. The van der Waals surface area contributed by atoms with E-state index in [4.69, 9.17) is 17.0 Å². The number of hydrogen-bond acceptors (Lipinski definition) is 3. The molecular formula is C8H14N2O2S. The summed E-state index contributed by atoms with van der Waals surface area (Å²) in [4.78, 5) is 11.2. The molecule has 13 heavy (non-hydrogen) atoms. The maximum Gasteiger partial charge on any atom is 0.329 e. The predicted octanol–water partition coefficient (Wildman–Crippen LogP) is 0.174. The van der Waals surface area contributed by atoms with E-state index in [1.165, 1.54) is 0 Å². The predicted molar refractivity (Wildman–Crippen MR) is 53.4 cm³/mol. The second-order valence-corrected chi connectivity index (χ2v) is 3.45. The van der Waals surface area contributed by atoms with E-state index in [2.05, 4.69) is 10.6 Å². The van der Waals surface area contributed by atoms with Gasteiger partial charge in [-0.25, -0.2) is 4.79 Å². The SMILES string of the molecule is CCNC(=S)N[C@H]1C[C@H](C)OC1=O. The van der Waals surface area contributed by atoms with Gasteiger partial charge >= 0.3 is 5.97 Å². The standard InChI is InChI=1S/C8H14N2O2S/c1-3-9-8(13)10-6-4-5(2)12-7(6)11/h5-6H,3-4H2,1-2H3,(H2,9,10,13)/t5-,6-/m0/s1. The van der Waals surface area contributed by atoms with Crippen LogP contribution in [0.5, 0.6) is 0 Å². The van der Waals surface area contributed by atoms with Crippen LogP contribution in [-0.4, -0.2) is 29.8 Å². The van der Waals surface area contributed by atoms with Gasteiger partial charge in [0.1, 0.15) is 12.1 Å². The van der Waals surface area contributed by atoms with Gasteiger partial charge in [0.15, 0.2) is 5.11 Å². The molecule has 1 aliphatic rings. The quantitative estimate of drug-likeness (QED) is 0.494. The molecule has 0 spiro atoms. The highest BCUT2D eigenvalue weighted by atomic mass is 32.1. The largest absolute Gasteiger partial charge is 0.461 e. The van der Waals surface area contributed by atoms with Gasteiger partial charge in [0.05, 0.1) is 0 Å². The Morgan fingerprint density at radius 3 is 2.92 bits per heavy atom. The van der Waals surface area contributed by atoms with Crippen molar-refractivity contribution in [2.24, 2.45) is 0 Å². The third kappa shape index (κ3) is 2.84. The number of rotatable bonds is 2. The molecule has 0 aromatic heterocycles. The zero-order valence-corrected chi connectivity index (χ0v) is 8.61. The van der Waals surface area contributed by atoms with Gasteiger partial charge in [-0.05, 0) is 26.1 Å². The molecule has 1 rings (SSSR count). The van der Waals surface area contributed by atoms with E-state index < -0.39 is 0 Å². The summed E-state index contributed by atoms with van der Waals surface area (Å²) < 4.78 is 4.96. The van der Waals surface area contributed by atoms with Crippen LogP contribution in [0.2, 0.25) is 0 Å². The fourth-order valence-corrected chi connectivity index (χ4v) is 1.53. The molecular weight excluding hydrogens is 188 g/mol. The first kappa shape index (κ1) is 10.2. The first-order valence-electron chi connectivity index (χ1n) is 4.38. The van der Waals surface area contributed by atoms with E-state index in [1.807, 2.05) is 13.8 Å². The Balaban J connectivity index is 2.37. The molecule has 0 aliphatic carbocycles. The zero-order valence-electron chi connectivity index (χ0n) is 7.79. The number of hydrogen-bond donors (Lipinski definition) is 2. The second kappa shape index (κ2) is 4.41. The molecule has 0 unspecified atom stereocenters. The molecule has 0 saturated carbocycles. The molecule has 2 atom stereocenters. The third-order valence-corrected chi connectivity index (χ3v) is 2.07. The van der Waals surface area contributed by atoms with Crippen molar-refractivity contribution in [1.29, 1.82) is 0 Å². The lowest BCUT2D eigenvalue weighted by Gasteiger charge is -2.11. The van der Waals surface area contributed by atoms with Gasteiger partial charge in [-0.1, -0.05) is 0 Å². The summed E-state index contributed by atoms with van der Waals surface area (Å²) in [6.07, 6.45) is 0.680. The van der Waals surface area contributed by atoms with Crippen LogP contribution in [0.15, 0.2) is 0 Å². The van der Waals surface area contributed by atoms with Crippen molar-refractivity contribution in [3.05, 3.63) is 0 Å². The third-order valence-electron chi connectivity index (χ3n) is 1.81. The molecule has 0 amide bonds. The highest BCUT2D eigenvalue weighted by molar-refractivity contribution is 7.80. The van der Waals surface area contributed by atoms with Gasteiger partial charge < -0.3 is 15.4 Å². The molecule has 0 bridgehead atoms. The zero-order chi connectivity index (χ0) is 9.84. The number of carbonyl (C=O) groups is 1. The van der Waals surface area contributed by atoms with Crippen LogP contribution in [0.4, 0.5) is 0 Å². The first-order chi connectivity index (χ1) is 6.13. The first-order valence-corrected chi connectivity index (χ1v) is 4.79. The molecule has 1 saturated heterocycles. The van der Waals surface area contributed by atoms with Crippen molar-refractivity contribution >= 4 is 23.3 Å². The van der Waals surface area contributed by atoms with Crippen molar-refractivity contribution in [2.75, 3.05) is 6.54 Å². The number of esters is 1. The van der Waals surface area contributed by atoms with E-state index in [9.17, 15) is 4.79 Å². The van der Waals surface area contributed by atoms with Crippen LogP contribution in [-0.2, 0) is 9.53 Å². The summed E-state index contributed by atoms with van der Waals surface area (Å²) in [6, 6.07) is -0.276. The summed E-state index contributed by atoms with van der Waals surface area (Å²) in [5.74, 6) is -0.215. The van der Waals surface area contributed by atoms with E-state index >= 15 is 0 Å². The molecule has 5 heteroatoms. The van der Waals surface area contributed by atoms with Crippen molar-refractivity contribution in [3.63, 3.8) is 0 Å². The maximum absolute atomic E-state index is 11.2. The van der Waals surface area contributed by atoms with Crippen LogP contribution >= 0.6 is 12.2 Å². The average Bonchev–Trinajstić information content (AvgIpc) is 2.30. The van der Waals surface area contributed by atoms with Crippen molar-refractivity contribution in [1.82, 2.24) is 10.6 Å². The van der Waals surface area contributed by atoms with Crippen molar-refractivity contribution in [3.8, 4) is 0 Å². The number of carbonyl (C=O) groups excluding carboxylic acids is 1. The second-order valence-electron chi connectivity index (χ2n) is 3.04. The Morgan fingerprint density at radius 2 is 2.46 bits per heavy atom. The fraction of sp³-hybridized carbons (Fsp3) is 0.750. The highest BCUT2D eigenvalue weighted by Gasteiger charge is 2.31. The molecule has 2 N–H and O–H groups in total. The minimum absolute atomic E-state index is 0.00516. The molecule has 0 aromatic carbocycles. The van der Waals surface area contributed by atoms with Gasteiger partial charge in [-0.15, -0.1) is 0 Å². The summed E-state index contributed by atoms with van der Waals surface area (Å²) in [6.45, 7) is 4.57. The smallest absolute Gasteiger partial charge is 0.329 e. The fourth-order valence-electron chi connectivity index (χ4n) is 1.24. The number of cyclic esters (lactones) is 1. The van der Waals surface area contributed by atoms with E-state index in [1.54, 1.807) is 0 Å². The lowest BCUT2D eigenvalue weighted by molar-refractivity contribution is -0.142. The maximum atomic E-state index is 11.2. The Kier molecular flexibility index (Phi) is 3.48. The number of thiocarbonyl (C=S) groups is 1. The van der Waals surface area contributed by atoms with Gasteiger partial charge in [0.2, 0.25) is 0 Å². The summed E-state index contributed by atoms with van der Waals surface area (Å²) in [5.41, 5.74) is 0. The van der Waals surface area contributed by atoms with Gasteiger partial charge in [-0.2, -0.15) is 0 Å². The minimum Gasteiger partial charge on any atom is -0.461 e. The van der Waals surface area contributed by atoms with E-state index in [0.29, 0.717) is 11.5 Å². The molecule has 1 heterocycles. The van der Waals surface area contributed by atoms with Crippen LogP contribution in [0.25, 0.3) is 0 Å². The highest BCUT2D eigenvalue weighted by Crippen LogP contribution is 2.13.